The Morgan fingerprint density at radius 1 is 1.11 bits per heavy atom. The van der Waals surface area contributed by atoms with Gasteiger partial charge in [-0.3, -0.25) is 9.10 Å². The molecule has 0 aliphatic carbocycles. The Bertz CT molecular complexity index is 965. The predicted octanol–water partition coefficient (Wildman–Crippen LogP) is 4.07. The number of carboxylic acids is 1. The van der Waals surface area contributed by atoms with Crippen LogP contribution in [-0.2, 0) is 14.8 Å². The second-order valence-corrected chi connectivity index (χ2v) is 8.36. The molecular formula is C18H19Cl2NO6S. The van der Waals surface area contributed by atoms with Gasteiger partial charge in [-0.25, -0.2) is 8.42 Å². The molecule has 28 heavy (non-hydrogen) atoms. The van der Waals surface area contributed by atoms with Gasteiger partial charge in [-0.1, -0.05) is 23.2 Å². The van der Waals surface area contributed by atoms with Crippen molar-refractivity contribution in [1.29, 1.82) is 0 Å². The monoisotopic (exact) mass is 447 g/mol. The number of hydrogen-bond donors (Lipinski definition) is 1. The number of sulfonamides is 1. The van der Waals surface area contributed by atoms with Gasteiger partial charge < -0.3 is 14.6 Å². The number of carboxylic acid groups (broad SMARTS) is 1. The second kappa shape index (κ2) is 9.36. The molecule has 0 fully saturated rings. The van der Waals surface area contributed by atoms with Gasteiger partial charge in [0.05, 0.1) is 24.9 Å². The van der Waals surface area contributed by atoms with Crippen LogP contribution in [0.15, 0.2) is 41.3 Å². The van der Waals surface area contributed by atoms with E-state index in [4.69, 9.17) is 37.8 Å². The Morgan fingerprint density at radius 2 is 1.82 bits per heavy atom. The first-order valence-corrected chi connectivity index (χ1v) is 10.3. The topological polar surface area (TPSA) is 93.1 Å². The van der Waals surface area contributed by atoms with Gasteiger partial charge in [0.15, 0.2) is 0 Å². The van der Waals surface area contributed by atoms with Gasteiger partial charge in [-0.05, 0) is 36.8 Å². The maximum Gasteiger partial charge on any atom is 0.303 e. The Labute approximate surface area is 173 Å². The molecule has 0 aliphatic rings. The highest BCUT2D eigenvalue weighted by molar-refractivity contribution is 7.93. The first kappa shape index (κ1) is 22.1. The van der Waals surface area contributed by atoms with E-state index in [-0.39, 0.29) is 45.8 Å². The van der Waals surface area contributed by atoms with Gasteiger partial charge in [0.25, 0.3) is 10.0 Å². The molecule has 0 aromatic heterocycles. The number of benzene rings is 2. The van der Waals surface area contributed by atoms with E-state index in [1.807, 2.05) is 0 Å². The van der Waals surface area contributed by atoms with E-state index in [0.29, 0.717) is 5.75 Å². The SMILES string of the molecule is COc1ccc(OC)c(N(CCCC(=O)O)S(=O)(=O)c2cc(Cl)ccc2Cl)c1. The highest BCUT2D eigenvalue weighted by Crippen LogP contribution is 2.37. The number of ether oxygens (including phenoxy) is 2. The highest BCUT2D eigenvalue weighted by Gasteiger charge is 2.30. The Balaban J connectivity index is 2.62. The van der Waals surface area contributed by atoms with Crippen LogP contribution in [0.1, 0.15) is 12.8 Å². The van der Waals surface area contributed by atoms with E-state index in [0.717, 1.165) is 4.31 Å². The fraction of sp³-hybridized carbons (Fsp3) is 0.278. The maximum absolute atomic E-state index is 13.4. The zero-order valence-corrected chi connectivity index (χ0v) is 17.5. The second-order valence-electron chi connectivity index (χ2n) is 5.69. The molecule has 0 aliphatic heterocycles. The van der Waals surface area contributed by atoms with Crippen LogP contribution in [0.25, 0.3) is 0 Å². The number of aliphatic carboxylic acids is 1. The Morgan fingerprint density at radius 3 is 2.43 bits per heavy atom. The minimum absolute atomic E-state index is 0.00509. The van der Waals surface area contributed by atoms with Gasteiger partial charge in [0, 0.05) is 24.1 Å². The predicted molar refractivity (Wildman–Crippen MR) is 107 cm³/mol. The third kappa shape index (κ3) is 5.01. The number of methoxy groups -OCH3 is 2. The van der Waals surface area contributed by atoms with Crippen LogP contribution in [0, 0.1) is 0 Å². The van der Waals surface area contributed by atoms with Crippen LogP contribution >= 0.6 is 23.2 Å². The number of hydrogen-bond acceptors (Lipinski definition) is 5. The van der Waals surface area contributed by atoms with Crippen LogP contribution in [-0.4, -0.2) is 40.3 Å². The average molecular weight is 448 g/mol. The molecule has 2 rings (SSSR count). The molecule has 2 aromatic carbocycles. The van der Waals surface area contributed by atoms with Crippen LogP contribution < -0.4 is 13.8 Å². The third-order valence-corrected chi connectivity index (χ3v) is 6.40. The smallest absolute Gasteiger partial charge is 0.303 e. The fourth-order valence-corrected chi connectivity index (χ4v) is 4.77. The summed E-state index contributed by atoms with van der Waals surface area (Å²) in [6.45, 7) is -0.110. The van der Waals surface area contributed by atoms with Crippen LogP contribution in [0.2, 0.25) is 10.0 Å². The summed E-state index contributed by atoms with van der Waals surface area (Å²) in [7, 11) is -1.32. The molecule has 0 bridgehead atoms. The zero-order valence-electron chi connectivity index (χ0n) is 15.2. The number of rotatable bonds is 9. The molecule has 0 saturated heterocycles. The fourth-order valence-electron chi connectivity index (χ4n) is 2.53. The molecule has 152 valence electrons. The minimum Gasteiger partial charge on any atom is -0.497 e. The molecule has 10 heteroatoms. The van der Waals surface area contributed by atoms with Crippen molar-refractivity contribution in [3.05, 3.63) is 46.4 Å². The lowest BCUT2D eigenvalue weighted by molar-refractivity contribution is -0.137. The summed E-state index contributed by atoms with van der Waals surface area (Å²) in [6.07, 6.45) is -0.130. The molecule has 7 nitrogen and oxygen atoms in total. The van der Waals surface area contributed by atoms with Crippen molar-refractivity contribution in [1.82, 2.24) is 0 Å². The molecule has 0 radical (unpaired) electrons. The number of halogens is 2. The van der Waals surface area contributed by atoms with E-state index < -0.39 is 16.0 Å². The average Bonchev–Trinajstić information content (AvgIpc) is 2.66. The standard InChI is InChI=1S/C18H19Cl2NO6S/c1-26-13-6-8-16(27-2)15(11-13)21(9-3-4-18(22)23)28(24,25)17-10-12(19)5-7-14(17)20/h5-8,10-11H,3-4,9H2,1-2H3,(H,22,23). The molecule has 0 amide bonds. The van der Waals surface area contributed by atoms with E-state index in [2.05, 4.69) is 0 Å². The molecule has 1 N–H and O–H groups in total. The Hall–Kier alpha value is -2.16. The molecule has 0 heterocycles. The molecule has 0 spiro atoms. The number of carbonyl (C=O) groups is 1. The van der Waals surface area contributed by atoms with Crippen LogP contribution in [0.3, 0.4) is 0 Å². The summed E-state index contributed by atoms with van der Waals surface area (Å²) in [5.41, 5.74) is 0.197. The first-order valence-electron chi connectivity index (χ1n) is 8.12. The molecular weight excluding hydrogens is 429 g/mol. The van der Waals surface area contributed by atoms with Gasteiger partial charge in [-0.15, -0.1) is 0 Å². The maximum atomic E-state index is 13.4. The number of anilines is 1. The summed E-state index contributed by atoms with van der Waals surface area (Å²) < 4.78 is 38.3. The first-order chi connectivity index (χ1) is 13.2. The highest BCUT2D eigenvalue weighted by atomic mass is 35.5. The lowest BCUT2D eigenvalue weighted by atomic mass is 10.2. The summed E-state index contributed by atoms with van der Waals surface area (Å²) in [5, 5.41) is 9.12. The summed E-state index contributed by atoms with van der Waals surface area (Å²) in [5.74, 6) is -0.347. The van der Waals surface area contributed by atoms with Crippen molar-refractivity contribution < 1.29 is 27.8 Å². The summed E-state index contributed by atoms with van der Waals surface area (Å²) in [4.78, 5) is 10.7. The van der Waals surface area contributed by atoms with Crippen molar-refractivity contribution >= 4 is 44.9 Å². The van der Waals surface area contributed by atoms with Gasteiger partial charge >= 0.3 is 5.97 Å². The van der Waals surface area contributed by atoms with Crippen molar-refractivity contribution in [2.45, 2.75) is 17.7 Å². The number of nitrogens with zero attached hydrogens (tertiary/aromatic N) is 1. The third-order valence-electron chi connectivity index (χ3n) is 3.87. The summed E-state index contributed by atoms with van der Waals surface area (Å²) >= 11 is 12.1. The van der Waals surface area contributed by atoms with Crippen molar-refractivity contribution in [3.8, 4) is 11.5 Å². The quantitative estimate of drug-likeness (QED) is 0.622. The van der Waals surface area contributed by atoms with E-state index in [1.54, 1.807) is 12.1 Å². The van der Waals surface area contributed by atoms with E-state index in [9.17, 15) is 13.2 Å². The molecule has 0 atom stereocenters. The largest absolute Gasteiger partial charge is 0.497 e. The van der Waals surface area contributed by atoms with Gasteiger partial charge in [-0.2, -0.15) is 0 Å². The molecule has 0 unspecified atom stereocenters. The van der Waals surface area contributed by atoms with Crippen molar-refractivity contribution in [2.24, 2.45) is 0 Å². The lowest BCUT2D eigenvalue weighted by Crippen LogP contribution is -2.33. The molecule has 2 aromatic rings. The van der Waals surface area contributed by atoms with Crippen LogP contribution in [0.5, 0.6) is 11.5 Å². The zero-order chi connectivity index (χ0) is 20.9. The lowest BCUT2D eigenvalue weighted by Gasteiger charge is -2.26. The normalized spacial score (nSPS) is 11.1. The Kier molecular flexibility index (Phi) is 7.40. The molecule has 0 saturated carbocycles. The van der Waals surface area contributed by atoms with Crippen molar-refractivity contribution in [3.63, 3.8) is 0 Å². The minimum atomic E-state index is -4.17. The van der Waals surface area contributed by atoms with Gasteiger partial charge in [0.1, 0.15) is 16.4 Å². The summed E-state index contributed by atoms with van der Waals surface area (Å²) in [6, 6.07) is 8.79. The van der Waals surface area contributed by atoms with E-state index >= 15 is 0 Å². The van der Waals surface area contributed by atoms with E-state index in [1.165, 1.54) is 38.5 Å². The van der Waals surface area contributed by atoms with Gasteiger partial charge in [0.2, 0.25) is 0 Å². The van der Waals surface area contributed by atoms with Crippen LogP contribution in [0.4, 0.5) is 5.69 Å². The van der Waals surface area contributed by atoms with Crippen molar-refractivity contribution in [2.75, 3.05) is 25.1 Å².